The Hall–Kier alpha value is -2.02. The Kier molecular flexibility index (Phi) is 6.42. The summed E-state index contributed by atoms with van der Waals surface area (Å²) in [6, 6.07) is 3.22. The van der Waals surface area contributed by atoms with E-state index in [0.717, 1.165) is 12.1 Å². The molecule has 0 spiro atoms. The van der Waals surface area contributed by atoms with E-state index in [1.54, 1.807) is 0 Å². The summed E-state index contributed by atoms with van der Waals surface area (Å²) in [6.07, 6.45) is 0. The number of benzene rings is 1. The Morgan fingerprint density at radius 2 is 2.18 bits per heavy atom. The number of hydrazine groups is 1. The maximum atomic E-state index is 11.2. The number of sulfonamides is 1. The van der Waals surface area contributed by atoms with Gasteiger partial charge in [-0.05, 0) is 24.4 Å². The molecule has 0 aromatic heterocycles. The van der Waals surface area contributed by atoms with E-state index < -0.39 is 20.6 Å². The first kappa shape index (κ1) is 18.0. The quantitative estimate of drug-likeness (QED) is 0.225. The normalized spacial score (nSPS) is 10.8. The van der Waals surface area contributed by atoms with Crippen molar-refractivity contribution in [3.05, 3.63) is 28.3 Å². The molecule has 0 fully saturated rings. The fourth-order valence-electron chi connectivity index (χ4n) is 1.38. The molecular formula is C10H15N5O5S2. The highest BCUT2D eigenvalue weighted by atomic mass is 32.2. The molecule has 1 aromatic rings. The molecule has 0 aliphatic carbocycles. The lowest BCUT2D eigenvalue weighted by Crippen LogP contribution is -2.40. The van der Waals surface area contributed by atoms with Gasteiger partial charge in [0.25, 0.3) is 5.69 Å². The highest BCUT2D eigenvalue weighted by molar-refractivity contribution is 7.89. The number of hydrogen-bond donors (Lipinski definition) is 4. The largest absolute Gasteiger partial charge is 0.383 e. The summed E-state index contributed by atoms with van der Waals surface area (Å²) >= 11 is 4.93. The summed E-state index contributed by atoms with van der Waals surface area (Å²) in [5.74, 6) is 0. The molecule has 5 N–H and O–H groups in total. The van der Waals surface area contributed by atoms with Crippen molar-refractivity contribution in [2.24, 2.45) is 5.14 Å². The number of methoxy groups -OCH3 is 1. The molecule has 0 saturated carbocycles. The zero-order chi connectivity index (χ0) is 16.8. The monoisotopic (exact) mass is 349 g/mol. The average Bonchev–Trinajstić information content (AvgIpc) is 2.44. The highest BCUT2D eigenvalue weighted by Crippen LogP contribution is 2.26. The van der Waals surface area contributed by atoms with Crippen molar-refractivity contribution >= 4 is 38.7 Å². The van der Waals surface area contributed by atoms with Gasteiger partial charge in [-0.3, -0.25) is 21.0 Å². The number of nitrogens with two attached hydrogens (primary N) is 1. The molecule has 0 radical (unpaired) electrons. The van der Waals surface area contributed by atoms with Crippen LogP contribution in [0.25, 0.3) is 0 Å². The SMILES string of the molecule is COCCNC(=S)NNc1ccc(S(N)(=O)=O)cc1[N+](=O)[O-]. The van der Waals surface area contributed by atoms with Gasteiger partial charge in [0.05, 0.1) is 16.4 Å². The predicted molar refractivity (Wildman–Crippen MR) is 83.7 cm³/mol. The molecule has 0 heterocycles. The van der Waals surface area contributed by atoms with E-state index >= 15 is 0 Å². The Morgan fingerprint density at radius 3 is 2.73 bits per heavy atom. The van der Waals surface area contributed by atoms with Crippen LogP contribution in [-0.2, 0) is 14.8 Å². The van der Waals surface area contributed by atoms with Crippen LogP contribution in [-0.4, -0.2) is 38.7 Å². The van der Waals surface area contributed by atoms with Gasteiger partial charge in [0.2, 0.25) is 10.0 Å². The number of nitro benzene ring substituents is 1. The van der Waals surface area contributed by atoms with Crippen molar-refractivity contribution in [1.29, 1.82) is 0 Å². The highest BCUT2D eigenvalue weighted by Gasteiger charge is 2.19. The van der Waals surface area contributed by atoms with Crippen molar-refractivity contribution in [1.82, 2.24) is 10.7 Å². The number of hydrogen-bond acceptors (Lipinski definition) is 7. The van der Waals surface area contributed by atoms with E-state index in [9.17, 15) is 18.5 Å². The standard InChI is InChI=1S/C10H15N5O5S2/c1-20-5-4-12-10(21)14-13-8-3-2-7(22(11,18)19)6-9(8)15(16)17/h2-3,6,13H,4-5H2,1H3,(H2,11,18,19)(H2,12,14,21). The number of thiocarbonyl (C=S) groups is 1. The van der Waals surface area contributed by atoms with Crippen molar-refractivity contribution in [3.63, 3.8) is 0 Å². The Labute approximate surface area is 132 Å². The van der Waals surface area contributed by atoms with Gasteiger partial charge in [0.15, 0.2) is 5.11 Å². The predicted octanol–water partition coefficient (Wildman–Crippen LogP) is -0.320. The second-order valence-electron chi connectivity index (χ2n) is 3.98. The van der Waals surface area contributed by atoms with Crippen LogP contribution in [0.3, 0.4) is 0 Å². The van der Waals surface area contributed by atoms with Gasteiger partial charge in [0.1, 0.15) is 5.69 Å². The van der Waals surface area contributed by atoms with E-state index in [4.69, 9.17) is 22.1 Å². The lowest BCUT2D eigenvalue weighted by atomic mass is 10.3. The van der Waals surface area contributed by atoms with Crippen molar-refractivity contribution in [2.75, 3.05) is 25.7 Å². The van der Waals surface area contributed by atoms with Crippen molar-refractivity contribution < 1.29 is 18.1 Å². The van der Waals surface area contributed by atoms with Crippen LogP contribution < -0.4 is 21.3 Å². The number of anilines is 1. The Morgan fingerprint density at radius 1 is 1.50 bits per heavy atom. The molecule has 0 atom stereocenters. The molecule has 12 heteroatoms. The van der Waals surface area contributed by atoms with E-state index in [0.29, 0.717) is 13.2 Å². The molecule has 1 rings (SSSR count). The fraction of sp³-hybridized carbons (Fsp3) is 0.300. The van der Waals surface area contributed by atoms with Crippen LogP contribution in [0.5, 0.6) is 0 Å². The van der Waals surface area contributed by atoms with Gasteiger partial charge in [-0.15, -0.1) is 0 Å². The topological polar surface area (TPSA) is 149 Å². The molecule has 0 amide bonds. The molecule has 122 valence electrons. The minimum absolute atomic E-state index is 0.0355. The van der Waals surface area contributed by atoms with Gasteiger partial charge < -0.3 is 10.1 Å². The first-order chi connectivity index (χ1) is 10.3. The molecule has 0 saturated heterocycles. The van der Waals surface area contributed by atoms with Crippen molar-refractivity contribution in [3.8, 4) is 0 Å². The molecular weight excluding hydrogens is 334 g/mol. The van der Waals surface area contributed by atoms with E-state index in [1.807, 2.05) is 0 Å². The molecule has 0 aliphatic rings. The lowest BCUT2D eigenvalue weighted by molar-refractivity contribution is -0.384. The smallest absolute Gasteiger partial charge is 0.295 e. The third-order valence-electron chi connectivity index (χ3n) is 2.40. The number of nitro groups is 1. The van der Waals surface area contributed by atoms with Crippen LogP contribution in [0.2, 0.25) is 0 Å². The molecule has 0 unspecified atom stereocenters. The second-order valence-corrected chi connectivity index (χ2v) is 5.95. The summed E-state index contributed by atoms with van der Waals surface area (Å²) in [5, 5.41) is 18.9. The molecule has 22 heavy (non-hydrogen) atoms. The Balaban J connectivity index is 2.83. The molecule has 0 aliphatic heterocycles. The zero-order valence-corrected chi connectivity index (χ0v) is 13.2. The summed E-state index contributed by atoms with van der Waals surface area (Å²) in [7, 11) is -2.49. The van der Waals surface area contributed by atoms with Gasteiger partial charge >= 0.3 is 0 Å². The third-order valence-corrected chi connectivity index (χ3v) is 3.55. The number of nitrogens with zero attached hydrogens (tertiary/aromatic N) is 1. The first-order valence-electron chi connectivity index (χ1n) is 5.85. The minimum atomic E-state index is -4.03. The number of ether oxygens (including phenoxy) is 1. The first-order valence-corrected chi connectivity index (χ1v) is 7.81. The number of primary sulfonamides is 1. The van der Waals surface area contributed by atoms with Gasteiger partial charge in [-0.1, -0.05) is 0 Å². The van der Waals surface area contributed by atoms with Gasteiger partial charge in [0, 0.05) is 19.7 Å². The van der Waals surface area contributed by atoms with E-state index in [2.05, 4.69) is 16.2 Å². The fourth-order valence-corrected chi connectivity index (χ4v) is 2.07. The van der Waals surface area contributed by atoms with Crippen LogP contribution in [0.1, 0.15) is 0 Å². The Bertz CT molecular complexity index is 664. The van der Waals surface area contributed by atoms with E-state index in [-0.39, 0.29) is 15.7 Å². The molecule has 0 bridgehead atoms. The number of nitrogens with one attached hydrogen (secondary N) is 3. The lowest BCUT2D eigenvalue weighted by Gasteiger charge is -2.12. The van der Waals surface area contributed by atoms with Crippen LogP contribution >= 0.6 is 12.2 Å². The maximum Gasteiger partial charge on any atom is 0.295 e. The minimum Gasteiger partial charge on any atom is -0.383 e. The van der Waals surface area contributed by atoms with Gasteiger partial charge in [-0.25, -0.2) is 13.6 Å². The van der Waals surface area contributed by atoms with Crippen molar-refractivity contribution in [2.45, 2.75) is 4.90 Å². The maximum absolute atomic E-state index is 11.2. The third kappa shape index (κ3) is 5.40. The summed E-state index contributed by atoms with van der Waals surface area (Å²) < 4.78 is 27.2. The number of rotatable bonds is 7. The van der Waals surface area contributed by atoms with Gasteiger partial charge in [-0.2, -0.15) is 0 Å². The molecule has 1 aromatic carbocycles. The second kappa shape index (κ2) is 7.84. The van der Waals surface area contributed by atoms with Crippen LogP contribution in [0.4, 0.5) is 11.4 Å². The van der Waals surface area contributed by atoms with E-state index in [1.165, 1.54) is 13.2 Å². The van der Waals surface area contributed by atoms with Crippen LogP contribution in [0.15, 0.2) is 23.1 Å². The molecule has 10 nitrogen and oxygen atoms in total. The zero-order valence-electron chi connectivity index (χ0n) is 11.5. The average molecular weight is 349 g/mol. The van der Waals surface area contributed by atoms with Crippen LogP contribution in [0, 0.1) is 10.1 Å². The summed E-state index contributed by atoms with van der Waals surface area (Å²) in [4.78, 5) is 9.90. The summed E-state index contributed by atoms with van der Waals surface area (Å²) in [6.45, 7) is 0.890. The summed E-state index contributed by atoms with van der Waals surface area (Å²) in [5.41, 5.74) is 4.65.